The van der Waals surface area contributed by atoms with Gasteiger partial charge in [0.1, 0.15) is 0 Å². The van der Waals surface area contributed by atoms with Crippen LogP contribution in [-0.2, 0) is 0 Å². The van der Waals surface area contributed by atoms with Crippen molar-refractivity contribution in [2.24, 2.45) is 0 Å². The summed E-state index contributed by atoms with van der Waals surface area (Å²) >= 11 is 8.05. The normalized spacial score (nSPS) is 9.69. The molecule has 5 heteroatoms. The Hall–Kier alpha value is -0.680. The molecule has 0 aliphatic carbocycles. The molecule has 0 atom stereocenters. The van der Waals surface area contributed by atoms with Crippen molar-refractivity contribution in [3.63, 3.8) is 0 Å². The lowest BCUT2D eigenvalue weighted by Crippen LogP contribution is -2.28. The van der Waals surface area contributed by atoms with Crippen LogP contribution in [0.3, 0.4) is 0 Å². The van der Waals surface area contributed by atoms with E-state index >= 15 is 0 Å². The van der Waals surface area contributed by atoms with Crippen LogP contribution in [-0.4, -0.2) is 27.5 Å². The standard InChI is InChI=1S/C8H10N2OS2/c11-8(10(5-12)6-13)7-1-3-9-4-2-7/h1-4,12-13H,5-6H2. The molecular formula is C8H10N2OS2. The van der Waals surface area contributed by atoms with E-state index in [4.69, 9.17) is 0 Å². The number of aromatic nitrogens is 1. The zero-order valence-corrected chi connectivity index (χ0v) is 8.71. The number of hydrogen-bond donors (Lipinski definition) is 2. The Morgan fingerprint density at radius 3 is 2.31 bits per heavy atom. The van der Waals surface area contributed by atoms with E-state index in [0.717, 1.165) is 0 Å². The minimum Gasteiger partial charge on any atom is -0.321 e. The van der Waals surface area contributed by atoms with Gasteiger partial charge >= 0.3 is 0 Å². The van der Waals surface area contributed by atoms with Crippen molar-refractivity contribution in [1.82, 2.24) is 9.88 Å². The fourth-order valence-electron chi connectivity index (χ4n) is 0.850. The zero-order chi connectivity index (χ0) is 9.68. The topological polar surface area (TPSA) is 33.2 Å². The molecule has 0 aliphatic rings. The van der Waals surface area contributed by atoms with Gasteiger partial charge in [-0.2, -0.15) is 25.3 Å². The molecule has 0 saturated carbocycles. The maximum Gasteiger partial charge on any atom is 0.255 e. The summed E-state index contributed by atoms with van der Waals surface area (Å²) in [5.41, 5.74) is 0.609. The molecule has 1 amide bonds. The van der Waals surface area contributed by atoms with Gasteiger partial charge in [0.25, 0.3) is 5.91 Å². The SMILES string of the molecule is O=C(c1ccncc1)N(CS)CS. The molecule has 1 rings (SSSR count). The van der Waals surface area contributed by atoms with Gasteiger partial charge in [0.05, 0.1) is 11.8 Å². The van der Waals surface area contributed by atoms with Crippen molar-refractivity contribution >= 4 is 31.2 Å². The minimum atomic E-state index is -0.0765. The summed E-state index contributed by atoms with van der Waals surface area (Å²) in [6, 6.07) is 3.34. The van der Waals surface area contributed by atoms with Gasteiger partial charge < -0.3 is 4.90 Å². The van der Waals surface area contributed by atoms with Crippen molar-refractivity contribution in [3.05, 3.63) is 30.1 Å². The second-order valence-corrected chi connectivity index (χ2v) is 2.93. The Bertz CT molecular complexity index is 275. The van der Waals surface area contributed by atoms with Crippen molar-refractivity contribution < 1.29 is 4.79 Å². The van der Waals surface area contributed by atoms with E-state index in [1.807, 2.05) is 0 Å². The highest BCUT2D eigenvalue weighted by atomic mass is 32.1. The molecule has 0 radical (unpaired) electrons. The van der Waals surface area contributed by atoms with Crippen LogP contribution >= 0.6 is 25.3 Å². The molecule has 0 aliphatic heterocycles. The quantitative estimate of drug-likeness (QED) is 0.587. The first-order chi connectivity index (χ1) is 6.29. The van der Waals surface area contributed by atoms with E-state index in [-0.39, 0.29) is 5.91 Å². The van der Waals surface area contributed by atoms with Crippen LogP contribution in [0.25, 0.3) is 0 Å². The molecule has 1 aromatic rings. The second-order valence-electron chi connectivity index (χ2n) is 2.36. The van der Waals surface area contributed by atoms with E-state index in [1.54, 1.807) is 24.5 Å². The fraction of sp³-hybridized carbons (Fsp3) is 0.250. The zero-order valence-electron chi connectivity index (χ0n) is 6.92. The van der Waals surface area contributed by atoms with Crippen LogP contribution < -0.4 is 0 Å². The lowest BCUT2D eigenvalue weighted by molar-refractivity contribution is 0.0813. The van der Waals surface area contributed by atoms with Gasteiger partial charge in [0.15, 0.2) is 0 Å². The summed E-state index contributed by atoms with van der Waals surface area (Å²) in [5, 5.41) is 0. The molecule has 1 aromatic heterocycles. The smallest absolute Gasteiger partial charge is 0.255 e. The van der Waals surface area contributed by atoms with Crippen molar-refractivity contribution in [2.75, 3.05) is 11.8 Å². The van der Waals surface area contributed by atoms with Crippen LogP contribution in [0.5, 0.6) is 0 Å². The van der Waals surface area contributed by atoms with Crippen LogP contribution in [0, 0.1) is 0 Å². The third-order valence-corrected chi connectivity index (χ3v) is 2.24. The summed E-state index contributed by atoms with van der Waals surface area (Å²) in [6.07, 6.45) is 3.17. The largest absolute Gasteiger partial charge is 0.321 e. The number of carbonyl (C=O) groups is 1. The summed E-state index contributed by atoms with van der Waals surface area (Å²) in [7, 11) is 0. The maximum absolute atomic E-state index is 11.6. The maximum atomic E-state index is 11.6. The molecular weight excluding hydrogens is 204 g/mol. The highest BCUT2D eigenvalue weighted by Gasteiger charge is 2.11. The molecule has 0 fully saturated rings. The first-order valence-corrected chi connectivity index (χ1v) is 4.97. The van der Waals surface area contributed by atoms with Crippen LogP contribution in [0.4, 0.5) is 0 Å². The number of thiol groups is 2. The third kappa shape index (κ3) is 2.63. The van der Waals surface area contributed by atoms with Crippen molar-refractivity contribution in [2.45, 2.75) is 0 Å². The molecule has 0 N–H and O–H groups in total. The number of hydrogen-bond acceptors (Lipinski definition) is 4. The van der Waals surface area contributed by atoms with Gasteiger partial charge in [-0.25, -0.2) is 0 Å². The third-order valence-electron chi connectivity index (χ3n) is 1.56. The second kappa shape index (κ2) is 5.14. The van der Waals surface area contributed by atoms with Crippen LogP contribution in [0.2, 0.25) is 0 Å². The van der Waals surface area contributed by atoms with Crippen LogP contribution in [0.15, 0.2) is 24.5 Å². The van der Waals surface area contributed by atoms with E-state index in [9.17, 15) is 4.79 Å². The Kier molecular flexibility index (Phi) is 4.11. The fourth-order valence-corrected chi connectivity index (χ4v) is 1.46. The van der Waals surface area contributed by atoms with Gasteiger partial charge in [-0.3, -0.25) is 9.78 Å². The predicted molar refractivity (Wildman–Crippen MR) is 58.1 cm³/mol. The minimum absolute atomic E-state index is 0.0765. The lowest BCUT2D eigenvalue weighted by Gasteiger charge is -2.16. The van der Waals surface area contributed by atoms with Gasteiger partial charge in [-0.1, -0.05) is 0 Å². The molecule has 1 heterocycles. The number of pyridine rings is 1. The first-order valence-electron chi connectivity index (χ1n) is 3.70. The molecule has 0 bridgehead atoms. The van der Waals surface area contributed by atoms with E-state index in [0.29, 0.717) is 17.3 Å². The van der Waals surface area contributed by atoms with E-state index in [2.05, 4.69) is 30.2 Å². The lowest BCUT2D eigenvalue weighted by atomic mass is 10.2. The Morgan fingerprint density at radius 2 is 1.85 bits per heavy atom. The molecule has 70 valence electrons. The predicted octanol–water partition coefficient (Wildman–Crippen LogP) is 1.30. The number of nitrogens with zero attached hydrogens (tertiary/aromatic N) is 2. The molecule has 13 heavy (non-hydrogen) atoms. The Morgan fingerprint density at radius 1 is 1.31 bits per heavy atom. The van der Waals surface area contributed by atoms with Gasteiger partial charge in [-0.05, 0) is 12.1 Å². The number of rotatable bonds is 3. The summed E-state index contributed by atoms with van der Waals surface area (Å²) in [5.74, 6) is 0.655. The highest BCUT2D eigenvalue weighted by Crippen LogP contribution is 2.04. The van der Waals surface area contributed by atoms with Gasteiger partial charge in [-0.15, -0.1) is 0 Å². The highest BCUT2D eigenvalue weighted by molar-refractivity contribution is 7.81. The number of carbonyl (C=O) groups excluding carboxylic acids is 1. The summed E-state index contributed by atoms with van der Waals surface area (Å²) in [6.45, 7) is 0. The van der Waals surface area contributed by atoms with E-state index in [1.165, 1.54) is 4.90 Å². The molecule has 3 nitrogen and oxygen atoms in total. The number of amides is 1. The monoisotopic (exact) mass is 214 g/mol. The summed E-state index contributed by atoms with van der Waals surface area (Å²) < 4.78 is 0. The average Bonchev–Trinajstić information content (AvgIpc) is 2.21. The first kappa shape index (κ1) is 10.4. The van der Waals surface area contributed by atoms with Crippen molar-refractivity contribution in [3.8, 4) is 0 Å². The molecule has 0 spiro atoms. The van der Waals surface area contributed by atoms with E-state index < -0.39 is 0 Å². The Labute approximate surface area is 88.0 Å². The molecule has 0 aromatic carbocycles. The van der Waals surface area contributed by atoms with Crippen molar-refractivity contribution in [1.29, 1.82) is 0 Å². The van der Waals surface area contributed by atoms with Crippen LogP contribution in [0.1, 0.15) is 10.4 Å². The summed E-state index contributed by atoms with van der Waals surface area (Å²) in [4.78, 5) is 17.0. The Balaban J connectivity index is 2.78. The molecule has 0 saturated heterocycles. The average molecular weight is 214 g/mol. The van der Waals surface area contributed by atoms with Gasteiger partial charge in [0.2, 0.25) is 0 Å². The molecule has 0 unspecified atom stereocenters. The van der Waals surface area contributed by atoms with Gasteiger partial charge in [0, 0.05) is 18.0 Å².